The first-order valence-electron chi connectivity index (χ1n) is 6.25. The molecule has 1 rings (SSSR count). The number of allylic oxidation sites excluding steroid dienone is 2. The zero-order valence-electron chi connectivity index (χ0n) is 11.6. The quantitative estimate of drug-likeness (QED) is 0.582. The van der Waals surface area contributed by atoms with E-state index in [9.17, 15) is 0 Å². The molecule has 0 N–H and O–H groups in total. The molecule has 1 aromatic rings. The van der Waals surface area contributed by atoms with Gasteiger partial charge in [0.15, 0.2) is 0 Å². The summed E-state index contributed by atoms with van der Waals surface area (Å²) < 4.78 is 6.32. The summed E-state index contributed by atoms with van der Waals surface area (Å²) in [5.74, 6) is 1.14. The van der Waals surface area contributed by atoms with Gasteiger partial charge in [-0.1, -0.05) is 63.0 Å². The Kier molecular flexibility index (Phi) is 5.21. The molecular formula is C14H23OSi2. The van der Waals surface area contributed by atoms with Crippen LogP contribution in [0, 0.1) is 0 Å². The van der Waals surface area contributed by atoms with Gasteiger partial charge in [-0.25, -0.2) is 0 Å². The van der Waals surface area contributed by atoms with Crippen LogP contribution in [-0.2, 0) is 4.43 Å². The van der Waals surface area contributed by atoms with Crippen LogP contribution in [0.1, 0.15) is 20.3 Å². The van der Waals surface area contributed by atoms with Crippen molar-refractivity contribution in [1.82, 2.24) is 0 Å². The highest BCUT2D eigenvalue weighted by molar-refractivity contribution is 7.34. The first-order valence-corrected chi connectivity index (χ1v) is 12.2. The molecule has 1 nitrogen and oxygen atoms in total. The molecule has 0 atom stereocenters. The first kappa shape index (κ1) is 14.3. The summed E-state index contributed by atoms with van der Waals surface area (Å²) in [5.41, 5.74) is 0. The molecule has 1 aromatic carbocycles. The molecule has 0 spiro atoms. The second-order valence-electron chi connectivity index (χ2n) is 5.16. The molecule has 1 radical (unpaired) electrons. The van der Waals surface area contributed by atoms with E-state index in [0.717, 1.165) is 12.2 Å². The van der Waals surface area contributed by atoms with Crippen molar-refractivity contribution >= 4 is 21.3 Å². The van der Waals surface area contributed by atoms with Crippen LogP contribution in [-0.4, -0.2) is 16.1 Å². The lowest BCUT2D eigenvalue weighted by Crippen LogP contribution is -2.53. The van der Waals surface area contributed by atoms with Crippen LogP contribution in [0.25, 0.3) is 0 Å². The molecule has 93 valence electrons. The highest BCUT2D eigenvalue weighted by Crippen LogP contribution is 2.14. The number of rotatable bonds is 5. The Balaban J connectivity index is 2.98. The van der Waals surface area contributed by atoms with Gasteiger partial charge in [0.2, 0.25) is 0 Å². The van der Waals surface area contributed by atoms with Gasteiger partial charge in [-0.3, -0.25) is 0 Å². The zero-order chi connectivity index (χ0) is 12.9. The van der Waals surface area contributed by atoms with E-state index in [4.69, 9.17) is 4.43 Å². The van der Waals surface area contributed by atoms with Crippen LogP contribution in [0.4, 0.5) is 0 Å². The van der Waals surface area contributed by atoms with E-state index in [0.29, 0.717) is 0 Å². The van der Waals surface area contributed by atoms with Crippen molar-refractivity contribution in [2.45, 2.75) is 39.9 Å². The van der Waals surface area contributed by atoms with Gasteiger partial charge in [0.1, 0.15) is 0 Å². The van der Waals surface area contributed by atoms with E-state index in [1.54, 1.807) is 0 Å². The zero-order valence-corrected chi connectivity index (χ0v) is 13.6. The highest BCUT2D eigenvalue weighted by Gasteiger charge is 2.34. The number of hydrogen-bond acceptors (Lipinski definition) is 1. The maximum Gasteiger partial charge on any atom is 0.295 e. The summed E-state index contributed by atoms with van der Waals surface area (Å²) >= 11 is 0. The van der Waals surface area contributed by atoms with E-state index in [1.165, 1.54) is 5.19 Å². The fraction of sp³-hybridized carbons (Fsp3) is 0.429. The van der Waals surface area contributed by atoms with Gasteiger partial charge in [-0.2, -0.15) is 0 Å². The van der Waals surface area contributed by atoms with Gasteiger partial charge >= 0.3 is 0 Å². The van der Waals surface area contributed by atoms with Crippen molar-refractivity contribution in [2.75, 3.05) is 0 Å². The molecule has 17 heavy (non-hydrogen) atoms. The summed E-state index contributed by atoms with van der Waals surface area (Å²) in [6.07, 6.45) is 3.09. The summed E-state index contributed by atoms with van der Waals surface area (Å²) in [4.78, 5) is 0. The fourth-order valence-electron chi connectivity index (χ4n) is 1.70. The van der Waals surface area contributed by atoms with E-state index in [1.807, 2.05) is 0 Å². The van der Waals surface area contributed by atoms with Crippen LogP contribution >= 0.6 is 0 Å². The molecule has 0 heterocycles. The fourth-order valence-corrected chi connectivity index (χ4v) is 8.42. The Hall–Kier alpha value is -0.806. The predicted octanol–water partition coefficient (Wildman–Crippen LogP) is 3.63. The molecule has 0 bridgehead atoms. The van der Waals surface area contributed by atoms with Crippen molar-refractivity contribution in [3.8, 4) is 0 Å². The van der Waals surface area contributed by atoms with Crippen LogP contribution in [0.15, 0.2) is 42.2 Å². The Morgan fingerprint density at radius 2 is 1.82 bits per heavy atom. The van der Waals surface area contributed by atoms with E-state index >= 15 is 0 Å². The molecule has 0 amide bonds. The predicted molar refractivity (Wildman–Crippen MR) is 80.3 cm³/mol. The molecule has 0 fully saturated rings. The Bertz CT molecular complexity index is 366. The van der Waals surface area contributed by atoms with E-state index < -0.39 is 16.1 Å². The van der Waals surface area contributed by atoms with Crippen molar-refractivity contribution in [2.24, 2.45) is 0 Å². The van der Waals surface area contributed by atoms with Crippen LogP contribution in [0.5, 0.6) is 0 Å². The van der Waals surface area contributed by atoms with Gasteiger partial charge < -0.3 is 4.43 Å². The minimum absolute atomic E-state index is 0.890. The maximum atomic E-state index is 6.32. The molecule has 3 heteroatoms. The van der Waals surface area contributed by atoms with Gasteiger partial charge in [0.25, 0.3) is 8.56 Å². The SMILES string of the molecule is C/C=C(\CC)O[Si](c1ccccc1)[Si](C)(C)C. The number of benzene rings is 1. The van der Waals surface area contributed by atoms with Gasteiger partial charge in [-0.05, 0) is 12.1 Å². The van der Waals surface area contributed by atoms with Gasteiger partial charge in [0.05, 0.1) is 13.4 Å². The van der Waals surface area contributed by atoms with Gasteiger partial charge in [0, 0.05) is 6.42 Å². The average Bonchev–Trinajstić information content (AvgIpc) is 2.30. The minimum Gasteiger partial charge on any atom is -0.544 e. The molecule has 0 saturated carbocycles. The second kappa shape index (κ2) is 6.21. The van der Waals surface area contributed by atoms with Crippen molar-refractivity contribution < 1.29 is 4.43 Å². The Morgan fingerprint density at radius 3 is 2.24 bits per heavy atom. The third kappa shape index (κ3) is 4.17. The topological polar surface area (TPSA) is 9.23 Å². The van der Waals surface area contributed by atoms with Crippen LogP contribution < -0.4 is 5.19 Å². The third-order valence-electron chi connectivity index (χ3n) is 2.62. The molecule has 0 saturated heterocycles. The lowest BCUT2D eigenvalue weighted by Gasteiger charge is -2.28. The molecule has 0 aliphatic heterocycles. The Morgan fingerprint density at radius 1 is 1.24 bits per heavy atom. The normalized spacial score (nSPS) is 12.9. The van der Waals surface area contributed by atoms with Crippen molar-refractivity contribution in [3.05, 3.63) is 42.2 Å². The monoisotopic (exact) mass is 263 g/mol. The highest BCUT2D eigenvalue weighted by atomic mass is 29.2. The van der Waals surface area contributed by atoms with E-state index in [-0.39, 0.29) is 0 Å². The van der Waals surface area contributed by atoms with Gasteiger partial charge in [-0.15, -0.1) is 0 Å². The van der Waals surface area contributed by atoms with Crippen LogP contribution in [0.3, 0.4) is 0 Å². The molecule has 0 aliphatic carbocycles. The summed E-state index contributed by atoms with van der Waals surface area (Å²) in [5, 5.41) is 1.41. The summed E-state index contributed by atoms with van der Waals surface area (Å²) in [6.45, 7) is 11.4. The largest absolute Gasteiger partial charge is 0.544 e. The van der Waals surface area contributed by atoms with Crippen LogP contribution in [0.2, 0.25) is 19.6 Å². The lowest BCUT2D eigenvalue weighted by atomic mass is 10.4. The average molecular weight is 264 g/mol. The smallest absolute Gasteiger partial charge is 0.295 e. The standard InChI is InChI=1S/C14H23OSi2/c1-6-13(7-2)15-16(17(3,4)5)14-11-9-8-10-12-14/h6,8-12H,7H2,1-5H3/b13-6+. The van der Waals surface area contributed by atoms with E-state index in [2.05, 4.69) is 69.9 Å². The molecular weight excluding hydrogens is 240 g/mol. The lowest BCUT2D eigenvalue weighted by molar-refractivity contribution is 0.432. The second-order valence-corrected chi connectivity index (χ2v) is 17.0. The Labute approximate surface area is 108 Å². The minimum atomic E-state index is -1.28. The molecule has 0 aromatic heterocycles. The number of hydrogen-bond donors (Lipinski definition) is 0. The van der Waals surface area contributed by atoms with Crippen molar-refractivity contribution in [3.63, 3.8) is 0 Å². The van der Waals surface area contributed by atoms with Crippen molar-refractivity contribution in [1.29, 1.82) is 0 Å². The molecule has 0 unspecified atom stereocenters. The summed E-state index contributed by atoms with van der Waals surface area (Å²) in [6, 6.07) is 10.7. The first-order chi connectivity index (χ1) is 7.99. The summed E-state index contributed by atoms with van der Waals surface area (Å²) in [7, 11) is -2.17. The third-order valence-corrected chi connectivity index (χ3v) is 10.6. The maximum absolute atomic E-state index is 6.32. The molecule has 0 aliphatic rings.